The first-order chi connectivity index (χ1) is 7.24. The molecule has 0 N–H and O–H groups in total. The molecule has 2 atom stereocenters. The van der Waals surface area contributed by atoms with Crippen LogP contribution in [0.2, 0.25) is 0 Å². The molecule has 2 rings (SSSR count). The predicted octanol–water partition coefficient (Wildman–Crippen LogP) is 1.89. The molecule has 0 saturated carbocycles. The summed E-state index contributed by atoms with van der Waals surface area (Å²) in [6.45, 7) is 6.15. The molecule has 0 amide bonds. The minimum atomic E-state index is 0.235. The van der Waals surface area contributed by atoms with Gasteiger partial charge < -0.3 is 4.90 Å². The lowest BCUT2D eigenvalue weighted by Crippen LogP contribution is -2.45. The van der Waals surface area contributed by atoms with Crippen molar-refractivity contribution < 1.29 is 0 Å². The van der Waals surface area contributed by atoms with Crippen LogP contribution in [0.1, 0.15) is 26.7 Å². The van der Waals surface area contributed by atoms with E-state index < -0.39 is 0 Å². The first-order valence-electron chi connectivity index (χ1n) is 5.53. The standard InChI is InChI=1S/C10H17ClN4/c1-3-15-10(7-12-13-15)14-6-4-5-9(11)8(14)2/h7-9H,3-6H2,1-2H3. The molecule has 84 valence electrons. The van der Waals surface area contributed by atoms with Crippen molar-refractivity contribution in [2.75, 3.05) is 11.4 Å². The van der Waals surface area contributed by atoms with Crippen LogP contribution in [0.4, 0.5) is 5.82 Å². The highest BCUT2D eigenvalue weighted by molar-refractivity contribution is 6.21. The van der Waals surface area contributed by atoms with Crippen molar-refractivity contribution in [3.05, 3.63) is 6.20 Å². The van der Waals surface area contributed by atoms with E-state index in [2.05, 4.69) is 29.1 Å². The number of nitrogens with zero attached hydrogens (tertiary/aromatic N) is 4. The average Bonchev–Trinajstić information content (AvgIpc) is 2.70. The fourth-order valence-corrected chi connectivity index (χ4v) is 2.41. The topological polar surface area (TPSA) is 34.0 Å². The second-order valence-corrected chi connectivity index (χ2v) is 4.56. The number of anilines is 1. The number of halogens is 1. The van der Waals surface area contributed by atoms with E-state index in [-0.39, 0.29) is 5.38 Å². The summed E-state index contributed by atoms with van der Waals surface area (Å²) in [5, 5.41) is 8.24. The number of rotatable bonds is 2. The molecule has 2 unspecified atom stereocenters. The number of hydrogen-bond donors (Lipinski definition) is 0. The lowest BCUT2D eigenvalue weighted by atomic mass is 10.0. The van der Waals surface area contributed by atoms with Crippen LogP contribution in [0.25, 0.3) is 0 Å². The van der Waals surface area contributed by atoms with Crippen LogP contribution < -0.4 is 4.90 Å². The molecule has 1 aromatic rings. The molecule has 2 heterocycles. The van der Waals surface area contributed by atoms with Crippen LogP contribution in [0.5, 0.6) is 0 Å². The van der Waals surface area contributed by atoms with Gasteiger partial charge in [0.1, 0.15) is 5.82 Å². The van der Waals surface area contributed by atoms with Gasteiger partial charge in [0.25, 0.3) is 0 Å². The third-order valence-electron chi connectivity index (χ3n) is 3.09. The van der Waals surface area contributed by atoms with Gasteiger partial charge >= 0.3 is 0 Å². The van der Waals surface area contributed by atoms with Gasteiger partial charge in [-0.05, 0) is 26.7 Å². The van der Waals surface area contributed by atoms with E-state index in [0.717, 1.165) is 31.7 Å². The highest BCUT2D eigenvalue weighted by atomic mass is 35.5. The fraction of sp³-hybridized carbons (Fsp3) is 0.800. The smallest absolute Gasteiger partial charge is 0.147 e. The summed E-state index contributed by atoms with van der Waals surface area (Å²) in [5.41, 5.74) is 0. The maximum Gasteiger partial charge on any atom is 0.147 e. The van der Waals surface area contributed by atoms with E-state index in [1.807, 2.05) is 10.9 Å². The molecule has 5 heteroatoms. The van der Waals surface area contributed by atoms with Gasteiger partial charge in [0.05, 0.1) is 11.6 Å². The van der Waals surface area contributed by atoms with Crippen LogP contribution in [-0.4, -0.2) is 33.0 Å². The molecule has 0 spiro atoms. The van der Waals surface area contributed by atoms with E-state index in [0.29, 0.717) is 6.04 Å². The summed E-state index contributed by atoms with van der Waals surface area (Å²) >= 11 is 6.28. The Morgan fingerprint density at radius 2 is 2.40 bits per heavy atom. The summed E-state index contributed by atoms with van der Waals surface area (Å²) in [5.74, 6) is 1.09. The Bertz CT molecular complexity index is 325. The second-order valence-electron chi connectivity index (χ2n) is 4.00. The minimum Gasteiger partial charge on any atom is -0.351 e. The molecular formula is C10H17ClN4. The SMILES string of the molecule is CCn1nncc1N1CCCC(Cl)C1C. The Morgan fingerprint density at radius 3 is 3.13 bits per heavy atom. The van der Waals surface area contributed by atoms with Crippen molar-refractivity contribution in [3.63, 3.8) is 0 Å². The highest BCUT2D eigenvalue weighted by Gasteiger charge is 2.28. The zero-order valence-corrected chi connectivity index (χ0v) is 9.98. The van der Waals surface area contributed by atoms with Crippen LogP contribution in [0, 0.1) is 0 Å². The maximum absolute atomic E-state index is 6.28. The van der Waals surface area contributed by atoms with Crippen LogP contribution in [0.3, 0.4) is 0 Å². The maximum atomic E-state index is 6.28. The van der Waals surface area contributed by atoms with E-state index in [1.54, 1.807) is 0 Å². The molecule has 1 fully saturated rings. The van der Waals surface area contributed by atoms with Gasteiger partial charge in [0, 0.05) is 19.1 Å². The second kappa shape index (κ2) is 4.39. The van der Waals surface area contributed by atoms with Gasteiger partial charge in [0.2, 0.25) is 0 Å². The normalized spacial score (nSPS) is 27.0. The highest BCUT2D eigenvalue weighted by Crippen LogP contribution is 2.26. The largest absolute Gasteiger partial charge is 0.351 e. The average molecular weight is 229 g/mol. The number of alkyl halides is 1. The molecule has 15 heavy (non-hydrogen) atoms. The third-order valence-corrected chi connectivity index (χ3v) is 3.67. The molecule has 1 aliphatic heterocycles. The molecule has 0 aromatic carbocycles. The number of aryl methyl sites for hydroxylation is 1. The lowest BCUT2D eigenvalue weighted by Gasteiger charge is -2.37. The summed E-state index contributed by atoms with van der Waals surface area (Å²) in [6, 6.07) is 0.365. The number of hydrogen-bond acceptors (Lipinski definition) is 3. The number of aromatic nitrogens is 3. The van der Waals surface area contributed by atoms with E-state index >= 15 is 0 Å². The molecule has 1 aromatic heterocycles. The van der Waals surface area contributed by atoms with Gasteiger partial charge in [-0.2, -0.15) is 0 Å². The molecule has 4 nitrogen and oxygen atoms in total. The van der Waals surface area contributed by atoms with Gasteiger partial charge in [-0.15, -0.1) is 16.7 Å². The predicted molar refractivity (Wildman–Crippen MR) is 61.4 cm³/mol. The van der Waals surface area contributed by atoms with Gasteiger partial charge in [-0.3, -0.25) is 0 Å². The molecule has 0 bridgehead atoms. The monoisotopic (exact) mass is 228 g/mol. The van der Waals surface area contributed by atoms with Crippen molar-refractivity contribution in [1.82, 2.24) is 15.0 Å². The zero-order valence-electron chi connectivity index (χ0n) is 9.23. The van der Waals surface area contributed by atoms with E-state index in [9.17, 15) is 0 Å². The number of piperidine rings is 1. The Labute approximate surface area is 95.2 Å². The van der Waals surface area contributed by atoms with Gasteiger partial charge in [-0.25, -0.2) is 4.68 Å². The Hall–Kier alpha value is -0.770. The zero-order chi connectivity index (χ0) is 10.8. The molecule has 0 aliphatic carbocycles. The minimum absolute atomic E-state index is 0.235. The molecular weight excluding hydrogens is 212 g/mol. The fourth-order valence-electron chi connectivity index (χ4n) is 2.12. The van der Waals surface area contributed by atoms with Crippen molar-refractivity contribution >= 4 is 17.4 Å². The molecule has 1 aliphatic rings. The quantitative estimate of drug-likeness (QED) is 0.725. The summed E-state index contributed by atoms with van der Waals surface area (Å²) in [4.78, 5) is 2.31. The van der Waals surface area contributed by atoms with Crippen LogP contribution in [-0.2, 0) is 6.54 Å². The Kier molecular flexibility index (Phi) is 3.14. The van der Waals surface area contributed by atoms with Crippen molar-refractivity contribution in [2.45, 2.75) is 44.7 Å². The first-order valence-corrected chi connectivity index (χ1v) is 5.97. The Morgan fingerprint density at radius 1 is 1.60 bits per heavy atom. The Balaban J connectivity index is 2.22. The lowest BCUT2D eigenvalue weighted by molar-refractivity contribution is 0.475. The van der Waals surface area contributed by atoms with E-state index in [4.69, 9.17) is 11.6 Å². The summed E-state index contributed by atoms with van der Waals surface area (Å²) in [6.07, 6.45) is 4.08. The first kappa shape index (κ1) is 10.7. The third kappa shape index (κ3) is 1.95. The van der Waals surface area contributed by atoms with Crippen LogP contribution in [0.15, 0.2) is 6.20 Å². The van der Waals surface area contributed by atoms with E-state index in [1.165, 1.54) is 0 Å². The summed E-state index contributed by atoms with van der Waals surface area (Å²) < 4.78 is 1.92. The van der Waals surface area contributed by atoms with Crippen molar-refractivity contribution in [2.24, 2.45) is 0 Å². The van der Waals surface area contributed by atoms with Crippen molar-refractivity contribution in [1.29, 1.82) is 0 Å². The molecule has 1 saturated heterocycles. The molecule has 0 radical (unpaired) electrons. The van der Waals surface area contributed by atoms with Crippen LogP contribution >= 0.6 is 11.6 Å². The van der Waals surface area contributed by atoms with Gasteiger partial charge in [0.15, 0.2) is 0 Å². The van der Waals surface area contributed by atoms with Crippen molar-refractivity contribution in [3.8, 4) is 0 Å². The van der Waals surface area contributed by atoms with Gasteiger partial charge in [-0.1, -0.05) is 5.21 Å². The summed E-state index contributed by atoms with van der Waals surface area (Å²) in [7, 11) is 0.